The van der Waals surface area contributed by atoms with Crippen LogP contribution in [0.15, 0.2) is 91.5 Å². The summed E-state index contributed by atoms with van der Waals surface area (Å²) in [6.45, 7) is 2.00. The lowest BCUT2D eigenvalue weighted by Crippen LogP contribution is -2.16. The molecule has 0 spiro atoms. The SMILES string of the molecule is Cc1nn(-c2ccccc2)c2c1C(c1cccnc1)c1c(ncn3nc(-c4ccccc4)nc13)O2. The summed E-state index contributed by atoms with van der Waals surface area (Å²) in [5.41, 5.74) is 6.24. The minimum atomic E-state index is -0.219. The molecule has 35 heavy (non-hydrogen) atoms. The third kappa shape index (κ3) is 3.03. The zero-order valence-electron chi connectivity index (χ0n) is 18.8. The van der Waals surface area contributed by atoms with Gasteiger partial charge >= 0.3 is 0 Å². The molecule has 0 bridgehead atoms. The molecule has 168 valence electrons. The second-order valence-corrected chi connectivity index (χ2v) is 8.41. The molecule has 1 atom stereocenters. The quantitative estimate of drug-likeness (QED) is 0.373. The highest BCUT2D eigenvalue weighted by atomic mass is 16.5. The van der Waals surface area contributed by atoms with Crippen LogP contribution in [0.2, 0.25) is 0 Å². The summed E-state index contributed by atoms with van der Waals surface area (Å²) in [6, 6.07) is 23.9. The van der Waals surface area contributed by atoms with Crippen molar-refractivity contribution in [1.82, 2.24) is 34.3 Å². The molecule has 1 unspecified atom stereocenters. The summed E-state index contributed by atoms with van der Waals surface area (Å²) in [4.78, 5) is 14.0. The van der Waals surface area contributed by atoms with E-state index in [1.807, 2.05) is 84.5 Å². The molecule has 0 N–H and O–H groups in total. The van der Waals surface area contributed by atoms with Crippen LogP contribution in [0.4, 0.5) is 0 Å². The van der Waals surface area contributed by atoms with Crippen LogP contribution < -0.4 is 4.74 Å². The number of pyridine rings is 1. The summed E-state index contributed by atoms with van der Waals surface area (Å²) in [5, 5.41) is 9.56. The average molecular weight is 457 g/mol. The van der Waals surface area contributed by atoms with Gasteiger partial charge in [-0.2, -0.15) is 5.10 Å². The van der Waals surface area contributed by atoms with Crippen molar-refractivity contribution < 1.29 is 4.74 Å². The Hall–Kier alpha value is -4.85. The standard InChI is InChI=1S/C27H19N7O/c1-17-21-22(19-11-8-14-28-15-19)23-25-30-24(18-9-4-2-5-10-18)32-33(25)16-29-26(23)35-27(21)34(31-17)20-12-6-3-7-13-20/h2-16,22H,1H3. The van der Waals surface area contributed by atoms with Gasteiger partial charge in [0, 0.05) is 18.0 Å². The first-order valence-corrected chi connectivity index (χ1v) is 11.3. The van der Waals surface area contributed by atoms with Crippen molar-refractivity contribution in [3.05, 3.63) is 114 Å². The molecule has 0 aliphatic carbocycles. The van der Waals surface area contributed by atoms with E-state index in [9.17, 15) is 0 Å². The summed E-state index contributed by atoms with van der Waals surface area (Å²) >= 11 is 0. The molecular weight excluding hydrogens is 438 g/mol. The van der Waals surface area contributed by atoms with Gasteiger partial charge in [-0.05, 0) is 30.7 Å². The number of hydrogen-bond donors (Lipinski definition) is 0. The molecular formula is C27H19N7O. The van der Waals surface area contributed by atoms with Gasteiger partial charge in [0.25, 0.3) is 0 Å². The lowest BCUT2D eigenvalue weighted by Gasteiger charge is -2.26. The molecule has 0 fully saturated rings. The van der Waals surface area contributed by atoms with Gasteiger partial charge in [-0.25, -0.2) is 19.2 Å². The van der Waals surface area contributed by atoms with E-state index in [0.29, 0.717) is 23.2 Å². The van der Waals surface area contributed by atoms with E-state index in [2.05, 4.69) is 16.0 Å². The Labute approximate surface area is 200 Å². The number of para-hydroxylation sites is 1. The Bertz CT molecular complexity index is 1680. The number of fused-ring (bicyclic) bond motifs is 4. The van der Waals surface area contributed by atoms with Crippen molar-refractivity contribution in [1.29, 1.82) is 0 Å². The molecule has 0 radical (unpaired) electrons. The Kier molecular flexibility index (Phi) is 4.25. The van der Waals surface area contributed by atoms with E-state index in [0.717, 1.165) is 33.6 Å². The van der Waals surface area contributed by atoms with Crippen molar-refractivity contribution in [2.75, 3.05) is 0 Å². The van der Waals surface area contributed by atoms with Crippen LogP contribution >= 0.6 is 0 Å². The molecule has 1 aliphatic rings. The monoisotopic (exact) mass is 457 g/mol. The summed E-state index contributed by atoms with van der Waals surface area (Å²) < 4.78 is 10.00. The highest BCUT2D eigenvalue weighted by Crippen LogP contribution is 2.49. The van der Waals surface area contributed by atoms with E-state index >= 15 is 0 Å². The smallest absolute Gasteiger partial charge is 0.230 e. The predicted molar refractivity (Wildman–Crippen MR) is 130 cm³/mol. The molecule has 0 saturated heterocycles. The summed E-state index contributed by atoms with van der Waals surface area (Å²) in [5.74, 6) is 1.55. The van der Waals surface area contributed by atoms with Crippen molar-refractivity contribution in [3.8, 4) is 28.8 Å². The van der Waals surface area contributed by atoms with Gasteiger partial charge in [0.05, 0.1) is 28.4 Å². The maximum atomic E-state index is 6.45. The average Bonchev–Trinajstić information content (AvgIpc) is 3.50. The molecule has 0 saturated carbocycles. The Morgan fingerprint density at radius 1 is 0.857 bits per heavy atom. The molecule has 7 rings (SSSR count). The molecule has 1 aliphatic heterocycles. The van der Waals surface area contributed by atoms with Gasteiger partial charge in [0.2, 0.25) is 11.8 Å². The van der Waals surface area contributed by atoms with Gasteiger partial charge in [-0.3, -0.25) is 4.98 Å². The Morgan fingerprint density at radius 3 is 2.43 bits per heavy atom. The molecule has 5 heterocycles. The largest absolute Gasteiger partial charge is 0.420 e. The third-order valence-corrected chi connectivity index (χ3v) is 6.27. The molecule has 6 aromatic rings. The van der Waals surface area contributed by atoms with Gasteiger partial charge in [0.1, 0.15) is 6.33 Å². The van der Waals surface area contributed by atoms with Crippen molar-refractivity contribution in [2.24, 2.45) is 0 Å². The Balaban J connectivity index is 1.50. The van der Waals surface area contributed by atoms with E-state index in [1.54, 1.807) is 17.0 Å². The number of nitrogens with zero attached hydrogens (tertiary/aromatic N) is 7. The fourth-order valence-corrected chi connectivity index (χ4v) is 4.71. The molecule has 8 heteroatoms. The van der Waals surface area contributed by atoms with Crippen LogP contribution in [0.1, 0.15) is 28.3 Å². The van der Waals surface area contributed by atoms with Crippen LogP contribution in [0.3, 0.4) is 0 Å². The minimum Gasteiger partial charge on any atom is -0.420 e. The molecule has 2 aromatic carbocycles. The second-order valence-electron chi connectivity index (χ2n) is 8.41. The number of aromatic nitrogens is 7. The lowest BCUT2D eigenvalue weighted by atomic mass is 9.85. The van der Waals surface area contributed by atoms with E-state index < -0.39 is 0 Å². The van der Waals surface area contributed by atoms with Gasteiger partial charge < -0.3 is 4.74 Å². The number of ether oxygens (including phenoxy) is 1. The molecule has 8 nitrogen and oxygen atoms in total. The van der Waals surface area contributed by atoms with Crippen LogP contribution in [-0.4, -0.2) is 34.3 Å². The first-order valence-electron chi connectivity index (χ1n) is 11.3. The number of benzene rings is 2. The number of hydrogen-bond acceptors (Lipinski definition) is 6. The maximum absolute atomic E-state index is 6.45. The van der Waals surface area contributed by atoms with Crippen molar-refractivity contribution in [2.45, 2.75) is 12.8 Å². The fraction of sp³-hybridized carbons (Fsp3) is 0.0741. The minimum absolute atomic E-state index is 0.219. The second kappa shape index (κ2) is 7.59. The van der Waals surface area contributed by atoms with Crippen LogP contribution in [-0.2, 0) is 0 Å². The van der Waals surface area contributed by atoms with Crippen molar-refractivity contribution >= 4 is 5.65 Å². The number of aryl methyl sites for hydroxylation is 1. The van der Waals surface area contributed by atoms with E-state index in [-0.39, 0.29) is 5.92 Å². The maximum Gasteiger partial charge on any atom is 0.230 e. The predicted octanol–water partition coefficient (Wildman–Crippen LogP) is 4.97. The Morgan fingerprint density at radius 2 is 1.66 bits per heavy atom. The normalized spacial score (nSPS) is 14.4. The van der Waals surface area contributed by atoms with Gasteiger partial charge in [0.15, 0.2) is 11.5 Å². The van der Waals surface area contributed by atoms with Crippen LogP contribution in [0.25, 0.3) is 22.7 Å². The summed E-state index contributed by atoms with van der Waals surface area (Å²) in [7, 11) is 0. The highest BCUT2D eigenvalue weighted by molar-refractivity contribution is 5.68. The molecule has 4 aromatic heterocycles. The van der Waals surface area contributed by atoms with Crippen molar-refractivity contribution in [3.63, 3.8) is 0 Å². The van der Waals surface area contributed by atoms with E-state index in [1.165, 1.54) is 0 Å². The highest BCUT2D eigenvalue weighted by Gasteiger charge is 2.38. The fourth-order valence-electron chi connectivity index (χ4n) is 4.71. The third-order valence-electron chi connectivity index (χ3n) is 6.27. The molecule has 0 amide bonds. The summed E-state index contributed by atoms with van der Waals surface area (Å²) in [6.07, 6.45) is 5.30. The topological polar surface area (TPSA) is 83.0 Å². The number of rotatable bonds is 3. The zero-order valence-corrected chi connectivity index (χ0v) is 18.8. The van der Waals surface area contributed by atoms with Crippen LogP contribution in [0.5, 0.6) is 11.8 Å². The van der Waals surface area contributed by atoms with E-state index in [4.69, 9.17) is 19.9 Å². The van der Waals surface area contributed by atoms with Gasteiger partial charge in [-0.15, -0.1) is 5.10 Å². The first kappa shape index (κ1) is 19.6. The lowest BCUT2D eigenvalue weighted by molar-refractivity contribution is 0.402. The zero-order chi connectivity index (χ0) is 23.4. The van der Waals surface area contributed by atoms with Gasteiger partial charge in [-0.1, -0.05) is 54.6 Å². The first-order chi connectivity index (χ1) is 17.3. The van der Waals surface area contributed by atoms with Crippen LogP contribution in [0, 0.1) is 6.92 Å².